The van der Waals surface area contributed by atoms with Gasteiger partial charge in [-0.2, -0.15) is 26.3 Å². The monoisotopic (exact) mass is 620 g/mol. The van der Waals surface area contributed by atoms with Gasteiger partial charge in [0.05, 0.1) is 16.2 Å². The highest BCUT2D eigenvalue weighted by atomic mass is 19.4. The summed E-state index contributed by atoms with van der Waals surface area (Å²) in [5.41, 5.74) is -8.60. The van der Waals surface area contributed by atoms with Gasteiger partial charge in [-0.1, -0.05) is 13.8 Å². The molecule has 42 heavy (non-hydrogen) atoms. The molecular weight excluding hydrogens is 574 g/mol. The van der Waals surface area contributed by atoms with Crippen molar-refractivity contribution in [3.05, 3.63) is 0 Å². The SMILES string of the molecule is CCC1(OC(=O)C(C)(CC(C)(C)C(=O)OCC(F)(F)F)CC(C)(CC)C(=O)OC(C)CC(C)(O)C(F)(F)F)CCCC1. The Kier molecular flexibility index (Phi) is 12.0. The van der Waals surface area contributed by atoms with Crippen molar-refractivity contribution < 1.29 is 60.0 Å². The highest BCUT2D eigenvalue weighted by molar-refractivity contribution is 5.83. The van der Waals surface area contributed by atoms with Crippen LogP contribution in [0.5, 0.6) is 0 Å². The number of rotatable bonds is 14. The van der Waals surface area contributed by atoms with E-state index in [4.69, 9.17) is 9.47 Å². The Morgan fingerprint density at radius 1 is 0.833 bits per heavy atom. The predicted molar refractivity (Wildman–Crippen MR) is 141 cm³/mol. The standard InChI is InChI=1S/C29H46F6O7/c1-9-24(6,21(37)41-19(3)15-26(8,39)29(33,34)35)17-25(7,22(38)42-27(10-2)13-11-12-14-27)16-23(4,5)20(36)40-18-28(30,31)32/h19,39H,9-18H2,1-8H3. The summed E-state index contributed by atoms with van der Waals surface area (Å²) in [6, 6.07) is 0. The fourth-order valence-electron chi connectivity index (χ4n) is 5.71. The maximum absolute atomic E-state index is 13.9. The summed E-state index contributed by atoms with van der Waals surface area (Å²) in [5.74, 6) is -2.88. The topological polar surface area (TPSA) is 99.1 Å². The minimum absolute atomic E-state index is 0.0644. The van der Waals surface area contributed by atoms with Crippen LogP contribution < -0.4 is 0 Å². The first-order chi connectivity index (χ1) is 18.8. The quantitative estimate of drug-likeness (QED) is 0.124. The zero-order chi connectivity index (χ0) is 33.0. The fraction of sp³-hybridized carbons (Fsp3) is 0.897. The Morgan fingerprint density at radius 3 is 1.79 bits per heavy atom. The largest absolute Gasteiger partial charge is 0.462 e. The third-order valence-corrected chi connectivity index (χ3v) is 8.37. The number of hydrogen-bond donors (Lipinski definition) is 1. The van der Waals surface area contributed by atoms with Gasteiger partial charge in [0.1, 0.15) is 11.7 Å². The molecule has 0 radical (unpaired) electrons. The zero-order valence-corrected chi connectivity index (χ0v) is 25.8. The van der Waals surface area contributed by atoms with Crippen molar-refractivity contribution in [3.8, 4) is 0 Å². The average molecular weight is 621 g/mol. The first kappa shape index (κ1) is 38.0. The molecular formula is C29H46F6O7. The molecule has 0 bridgehead atoms. The maximum Gasteiger partial charge on any atom is 0.422 e. The number of aliphatic hydroxyl groups is 1. The summed E-state index contributed by atoms with van der Waals surface area (Å²) in [6.07, 6.45) is -9.22. The summed E-state index contributed by atoms with van der Waals surface area (Å²) in [4.78, 5) is 40.0. The Labute approximate surface area is 244 Å². The van der Waals surface area contributed by atoms with Gasteiger partial charge >= 0.3 is 30.3 Å². The van der Waals surface area contributed by atoms with Gasteiger partial charge in [-0.05, 0) is 92.9 Å². The number of esters is 3. The molecule has 0 aliphatic heterocycles. The van der Waals surface area contributed by atoms with Gasteiger partial charge in [-0.3, -0.25) is 14.4 Å². The van der Waals surface area contributed by atoms with Crippen LogP contribution in [0.25, 0.3) is 0 Å². The molecule has 0 aromatic carbocycles. The summed E-state index contributed by atoms with van der Waals surface area (Å²) in [5, 5.41) is 9.82. The van der Waals surface area contributed by atoms with Crippen molar-refractivity contribution in [3.63, 3.8) is 0 Å². The normalized spacial score (nSPS) is 20.9. The third kappa shape index (κ3) is 10.0. The van der Waals surface area contributed by atoms with E-state index in [-0.39, 0.29) is 19.3 Å². The molecule has 0 saturated heterocycles. The number of hydrogen-bond acceptors (Lipinski definition) is 7. The molecule has 1 aliphatic rings. The van der Waals surface area contributed by atoms with Crippen molar-refractivity contribution in [1.29, 1.82) is 0 Å². The van der Waals surface area contributed by atoms with E-state index in [1.165, 1.54) is 34.6 Å². The lowest BCUT2D eigenvalue weighted by atomic mass is 9.65. The second kappa shape index (κ2) is 13.3. The van der Waals surface area contributed by atoms with E-state index >= 15 is 0 Å². The molecule has 246 valence electrons. The zero-order valence-electron chi connectivity index (χ0n) is 25.8. The van der Waals surface area contributed by atoms with E-state index in [2.05, 4.69) is 4.74 Å². The Bertz CT molecular complexity index is 953. The molecule has 4 unspecified atom stereocenters. The molecule has 1 N–H and O–H groups in total. The van der Waals surface area contributed by atoms with Gasteiger partial charge in [0.15, 0.2) is 12.2 Å². The highest BCUT2D eigenvalue weighted by Crippen LogP contribution is 2.48. The molecule has 0 amide bonds. The van der Waals surface area contributed by atoms with Crippen LogP contribution in [0.2, 0.25) is 0 Å². The molecule has 7 nitrogen and oxygen atoms in total. The molecule has 13 heteroatoms. The number of ether oxygens (including phenoxy) is 3. The van der Waals surface area contributed by atoms with Gasteiger partial charge in [-0.15, -0.1) is 0 Å². The minimum Gasteiger partial charge on any atom is -0.462 e. The molecule has 1 rings (SSSR count). The van der Waals surface area contributed by atoms with E-state index in [9.17, 15) is 45.8 Å². The van der Waals surface area contributed by atoms with Gasteiger partial charge in [-0.25, -0.2) is 0 Å². The lowest BCUT2D eigenvalue weighted by Crippen LogP contribution is -2.48. The molecule has 1 fully saturated rings. The molecule has 0 aromatic rings. The van der Waals surface area contributed by atoms with Crippen LogP contribution in [0.1, 0.15) is 113 Å². The molecule has 1 aliphatic carbocycles. The Morgan fingerprint density at radius 2 is 1.36 bits per heavy atom. The van der Waals surface area contributed by atoms with Crippen LogP contribution in [0, 0.1) is 16.2 Å². The summed E-state index contributed by atoms with van der Waals surface area (Å²) in [6.45, 7) is 8.98. The van der Waals surface area contributed by atoms with Crippen molar-refractivity contribution in [2.24, 2.45) is 16.2 Å². The van der Waals surface area contributed by atoms with E-state index in [1.807, 2.05) is 6.92 Å². The van der Waals surface area contributed by atoms with Crippen molar-refractivity contribution >= 4 is 17.9 Å². The van der Waals surface area contributed by atoms with Crippen LogP contribution in [0.4, 0.5) is 26.3 Å². The maximum atomic E-state index is 13.9. The second-order valence-electron chi connectivity index (χ2n) is 13.2. The number of carbonyl (C=O) groups is 3. The van der Waals surface area contributed by atoms with Gasteiger partial charge in [0, 0.05) is 6.42 Å². The summed E-state index contributed by atoms with van der Waals surface area (Å²) < 4.78 is 93.5. The Hall–Kier alpha value is -2.05. The number of carbonyl (C=O) groups excluding carboxylic acids is 3. The first-order valence-corrected chi connectivity index (χ1v) is 14.2. The fourth-order valence-corrected chi connectivity index (χ4v) is 5.71. The van der Waals surface area contributed by atoms with Crippen molar-refractivity contribution in [2.75, 3.05) is 6.61 Å². The highest BCUT2D eigenvalue weighted by Gasteiger charge is 2.54. The lowest BCUT2D eigenvalue weighted by molar-refractivity contribution is -0.261. The lowest BCUT2D eigenvalue weighted by Gasteiger charge is -2.42. The van der Waals surface area contributed by atoms with E-state index in [0.29, 0.717) is 26.2 Å². The van der Waals surface area contributed by atoms with Crippen molar-refractivity contribution in [1.82, 2.24) is 0 Å². The smallest absolute Gasteiger partial charge is 0.422 e. The molecule has 0 spiro atoms. The van der Waals surface area contributed by atoms with Crippen LogP contribution in [0.3, 0.4) is 0 Å². The molecule has 0 heterocycles. The Balaban J connectivity index is 3.36. The van der Waals surface area contributed by atoms with Gasteiger partial charge in [0.2, 0.25) is 0 Å². The molecule has 0 aromatic heterocycles. The number of halogens is 6. The first-order valence-electron chi connectivity index (χ1n) is 14.2. The van der Waals surface area contributed by atoms with Gasteiger partial charge < -0.3 is 19.3 Å². The van der Waals surface area contributed by atoms with Crippen LogP contribution in [-0.2, 0) is 28.6 Å². The molecule has 4 atom stereocenters. The summed E-state index contributed by atoms with van der Waals surface area (Å²) in [7, 11) is 0. The second-order valence-corrected chi connectivity index (χ2v) is 13.2. The number of alkyl halides is 6. The van der Waals surface area contributed by atoms with Crippen LogP contribution >= 0.6 is 0 Å². The van der Waals surface area contributed by atoms with Crippen LogP contribution in [-0.4, -0.2) is 59.3 Å². The predicted octanol–water partition coefficient (Wildman–Crippen LogP) is 7.22. The average Bonchev–Trinajstić information content (AvgIpc) is 3.29. The van der Waals surface area contributed by atoms with E-state index < -0.39 is 76.8 Å². The molecule has 1 saturated carbocycles. The van der Waals surface area contributed by atoms with Gasteiger partial charge in [0.25, 0.3) is 0 Å². The van der Waals surface area contributed by atoms with Crippen LogP contribution in [0.15, 0.2) is 0 Å². The van der Waals surface area contributed by atoms with Crippen molar-refractivity contribution in [2.45, 2.75) is 143 Å². The minimum atomic E-state index is -4.97. The summed E-state index contributed by atoms with van der Waals surface area (Å²) >= 11 is 0. The van der Waals surface area contributed by atoms with E-state index in [1.54, 1.807) is 6.92 Å². The van der Waals surface area contributed by atoms with E-state index in [0.717, 1.165) is 12.8 Å². The third-order valence-electron chi connectivity index (χ3n) is 8.37.